The SMILES string of the molecule is CCC1C(=O)NC(SCc2nc(-c3ccc(SC)cc3)no2)NC1C. The van der Waals surface area contributed by atoms with Gasteiger partial charge >= 0.3 is 0 Å². The molecule has 1 amide bonds. The summed E-state index contributed by atoms with van der Waals surface area (Å²) in [5, 5.41) is 10.4. The second kappa shape index (κ2) is 8.25. The van der Waals surface area contributed by atoms with E-state index in [1.165, 1.54) is 4.90 Å². The average Bonchev–Trinajstić information content (AvgIpc) is 3.09. The van der Waals surface area contributed by atoms with Crippen molar-refractivity contribution in [2.24, 2.45) is 5.92 Å². The zero-order valence-corrected chi connectivity index (χ0v) is 16.1. The predicted octanol–water partition coefficient (Wildman–Crippen LogP) is 3.11. The van der Waals surface area contributed by atoms with Gasteiger partial charge in [0.25, 0.3) is 0 Å². The van der Waals surface area contributed by atoms with Crippen LogP contribution in [0.3, 0.4) is 0 Å². The molecule has 0 aliphatic carbocycles. The van der Waals surface area contributed by atoms with Crippen molar-refractivity contribution < 1.29 is 9.32 Å². The Bertz CT molecular complexity index is 720. The van der Waals surface area contributed by atoms with Crippen LogP contribution in [0, 0.1) is 5.92 Å². The van der Waals surface area contributed by atoms with E-state index in [4.69, 9.17) is 4.52 Å². The Kier molecular flexibility index (Phi) is 6.03. The lowest BCUT2D eigenvalue weighted by molar-refractivity contribution is -0.128. The van der Waals surface area contributed by atoms with E-state index in [0.29, 0.717) is 17.5 Å². The first-order chi connectivity index (χ1) is 12.1. The summed E-state index contributed by atoms with van der Waals surface area (Å²) < 4.78 is 5.34. The molecule has 2 aromatic rings. The zero-order chi connectivity index (χ0) is 17.8. The standard InChI is InChI=1S/C17H22N4O2S2/c1-4-13-10(2)18-17(20-16(13)22)25-9-14-19-15(21-23-14)11-5-7-12(24-3)8-6-11/h5-8,10,13,17-18H,4,9H2,1-3H3,(H,20,22). The van der Waals surface area contributed by atoms with Gasteiger partial charge in [-0.15, -0.1) is 23.5 Å². The van der Waals surface area contributed by atoms with Gasteiger partial charge < -0.3 is 9.84 Å². The van der Waals surface area contributed by atoms with Gasteiger partial charge in [-0.1, -0.05) is 12.1 Å². The molecule has 25 heavy (non-hydrogen) atoms. The van der Waals surface area contributed by atoms with Crippen molar-refractivity contribution in [1.82, 2.24) is 20.8 Å². The third kappa shape index (κ3) is 4.37. The smallest absolute Gasteiger partial charge is 0.237 e. The number of nitrogens with one attached hydrogen (secondary N) is 2. The van der Waals surface area contributed by atoms with Gasteiger partial charge in [0.2, 0.25) is 17.6 Å². The monoisotopic (exact) mass is 378 g/mol. The molecule has 0 radical (unpaired) electrons. The summed E-state index contributed by atoms with van der Waals surface area (Å²) in [7, 11) is 0. The number of hydrogen-bond donors (Lipinski definition) is 2. The minimum atomic E-state index is -0.137. The van der Waals surface area contributed by atoms with Crippen LogP contribution in [0.4, 0.5) is 0 Å². The molecule has 2 N–H and O–H groups in total. The molecule has 6 nitrogen and oxygen atoms in total. The lowest BCUT2D eigenvalue weighted by atomic mass is 9.96. The van der Waals surface area contributed by atoms with E-state index in [-0.39, 0.29) is 23.4 Å². The Balaban J connectivity index is 1.57. The van der Waals surface area contributed by atoms with Crippen LogP contribution in [0.2, 0.25) is 0 Å². The van der Waals surface area contributed by atoms with Gasteiger partial charge in [0.1, 0.15) is 5.50 Å². The summed E-state index contributed by atoms with van der Waals surface area (Å²) in [4.78, 5) is 17.7. The minimum absolute atomic E-state index is 0.0242. The number of carbonyl (C=O) groups is 1. The lowest BCUT2D eigenvalue weighted by Gasteiger charge is -2.34. The highest BCUT2D eigenvalue weighted by atomic mass is 32.2. The van der Waals surface area contributed by atoms with E-state index in [0.717, 1.165) is 12.0 Å². The van der Waals surface area contributed by atoms with Crippen molar-refractivity contribution in [3.05, 3.63) is 30.2 Å². The van der Waals surface area contributed by atoms with Gasteiger partial charge in [-0.3, -0.25) is 10.1 Å². The topological polar surface area (TPSA) is 80.1 Å². The molecule has 134 valence electrons. The van der Waals surface area contributed by atoms with Gasteiger partial charge in [0, 0.05) is 16.5 Å². The Hall–Kier alpha value is -1.51. The maximum Gasteiger partial charge on any atom is 0.237 e. The van der Waals surface area contributed by atoms with E-state index in [9.17, 15) is 4.79 Å². The quantitative estimate of drug-likeness (QED) is 0.748. The highest BCUT2D eigenvalue weighted by molar-refractivity contribution is 7.99. The third-order valence-corrected chi connectivity index (χ3v) is 6.00. The van der Waals surface area contributed by atoms with Crippen molar-refractivity contribution in [2.45, 2.75) is 42.5 Å². The molecule has 1 aliphatic heterocycles. The minimum Gasteiger partial charge on any atom is -0.338 e. The fraction of sp³-hybridized carbons (Fsp3) is 0.471. The molecule has 1 saturated heterocycles. The lowest BCUT2D eigenvalue weighted by Crippen LogP contribution is -2.58. The number of carbonyl (C=O) groups excluding carboxylic acids is 1. The molecule has 1 fully saturated rings. The zero-order valence-electron chi connectivity index (χ0n) is 14.5. The molecule has 1 aromatic heterocycles. The Labute approximate surface area is 155 Å². The van der Waals surface area contributed by atoms with Gasteiger partial charge in [-0.2, -0.15) is 4.98 Å². The number of rotatable bonds is 6. The number of hydrogen-bond acceptors (Lipinski definition) is 7. The van der Waals surface area contributed by atoms with Crippen LogP contribution >= 0.6 is 23.5 Å². The maximum absolute atomic E-state index is 12.1. The van der Waals surface area contributed by atoms with Crippen LogP contribution in [-0.4, -0.2) is 33.8 Å². The number of nitrogens with zero attached hydrogens (tertiary/aromatic N) is 2. The molecule has 2 heterocycles. The molecule has 3 rings (SSSR count). The number of thioether (sulfide) groups is 2. The van der Waals surface area contributed by atoms with Crippen molar-refractivity contribution >= 4 is 29.4 Å². The summed E-state index contributed by atoms with van der Waals surface area (Å²) >= 11 is 3.24. The molecule has 3 unspecified atom stereocenters. The van der Waals surface area contributed by atoms with Gasteiger partial charge in [-0.25, -0.2) is 0 Å². The second-order valence-corrected chi connectivity index (χ2v) is 7.88. The Morgan fingerprint density at radius 3 is 2.68 bits per heavy atom. The summed E-state index contributed by atoms with van der Waals surface area (Å²) in [5.41, 5.74) is 0.794. The summed E-state index contributed by atoms with van der Waals surface area (Å²) in [6.07, 6.45) is 2.88. The number of amides is 1. The molecular weight excluding hydrogens is 356 g/mol. The first-order valence-electron chi connectivity index (χ1n) is 8.25. The van der Waals surface area contributed by atoms with Crippen molar-refractivity contribution in [1.29, 1.82) is 0 Å². The van der Waals surface area contributed by atoms with E-state index in [1.807, 2.05) is 44.4 Å². The Morgan fingerprint density at radius 2 is 2.04 bits per heavy atom. The molecule has 1 aliphatic rings. The van der Waals surface area contributed by atoms with Crippen LogP contribution in [0.1, 0.15) is 26.2 Å². The van der Waals surface area contributed by atoms with Crippen molar-refractivity contribution in [3.8, 4) is 11.4 Å². The summed E-state index contributed by atoms with van der Waals surface area (Å²) in [6.45, 7) is 4.07. The van der Waals surface area contributed by atoms with Crippen molar-refractivity contribution in [3.63, 3.8) is 0 Å². The van der Waals surface area contributed by atoms with Crippen LogP contribution in [0.25, 0.3) is 11.4 Å². The molecule has 3 atom stereocenters. The largest absolute Gasteiger partial charge is 0.338 e. The fourth-order valence-electron chi connectivity index (χ4n) is 2.81. The van der Waals surface area contributed by atoms with Crippen LogP contribution in [0.5, 0.6) is 0 Å². The Morgan fingerprint density at radius 1 is 1.28 bits per heavy atom. The highest BCUT2D eigenvalue weighted by Gasteiger charge is 2.32. The maximum atomic E-state index is 12.1. The molecule has 0 spiro atoms. The average molecular weight is 379 g/mol. The van der Waals surface area contributed by atoms with Gasteiger partial charge in [0.05, 0.1) is 11.7 Å². The van der Waals surface area contributed by atoms with Crippen LogP contribution in [-0.2, 0) is 10.5 Å². The first-order valence-corrected chi connectivity index (χ1v) is 10.5. The van der Waals surface area contributed by atoms with Gasteiger partial charge in [-0.05, 0) is 43.9 Å². The normalized spacial score (nSPS) is 23.5. The molecular formula is C17H22N4O2S2. The number of aromatic nitrogens is 2. The molecule has 0 saturated carbocycles. The summed E-state index contributed by atoms with van der Waals surface area (Å²) in [5.74, 6) is 1.80. The number of benzene rings is 1. The molecule has 8 heteroatoms. The molecule has 0 bridgehead atoms. The second-order valence-electron chi connectivity index (χ2n) is 5.91. The van der Waals surface area contributed by atoms with E-state index < -0.39 is 0 Å². The van der Waals surface area contributed by atoms with E-state index in [2.05, 4.69) is 20.8 Å². The van der Waals surface area contributed by atoms with Crippen molar-refractivity contribution in [2.75, 3.05) is 6.26 Å². The van der Waals surface area contributed by atoms with Crippen LogP contribution < -0.4 is 10.6 Å². The predicted molar refractivity (Wildman–Crippen MR) is 101 cm³/mol. The van der Waals surface area contributed by atoms with E-state index >= 15 is 0 Å². The highest BCUT2D eigenvalue weighted by Crippen LogP contribution is 2.24. The third-order valence-electron chi connectivity index (χ3n) is 4.26. The van der Waals surface area contributed by atoms with Gasteiger partial charge in [0.15, 0.2) is 0 Å². The summed E-state index contributed by atoms with van der Waals surface area (Å²) in [6, 6.07) is 8.21. The van der Waals surface area contributed by atoms with Crippen LogP contribution in [0.15, 0.2) is 33.7 Å². The fourth-order valence-corrected chi connectivity index (χ4v) is 4.16. The van der Waals surface area contributed by atoms with E-state index in [1.54, 1.807) is 23.5 Å². The first kappa shape index (κ1) is 18.3. The molecule has 1 aromatic carbocycles.